The second kappa shape index (κ2) is 11.9. The quantitative estimate of drug-likeness (QED) is 0.192. The fourth-order valence-corrected chi connectivity index (χ4v) is 5.47. The molecule has 0 aliphatic rings. The SMILES string of the molecule is O=C(O)COc1ccc(S(=O)(=O)N(Cc2ccc(C(=O)C(=O)O)cc2)Cc2ccc(-c3csnn3)cc2)cc1. The molecule has 4 rings (SSSR count). The van der Waals surface area contributed by atoms with Gasteiger partial charge in [-0.1, -0.05) is 53.0 Å². The topological polar surface area (TPSA) is 164 Å². The lowest BCUT2D eigenvalue weighted by Crippen LogP contribution is -2.30. The number of carboxylic acid groups (broad SMARTS) is 2. The van der Waals surface area contributed by atoms with E-state index in [4.69, 9.17) is 14.9 Å². The van der Waals surface area contributed by atoms with Crippen LogP contribution >= 0.6 is 11.5 Å². The van der Waals surface area contributed by atoms with Crippen LogP contribution in [0.3, 0.4) is 0 Å². The van der Waals surface area contributed by atoms with Gasteiger partial charge < -0.3 is 14.9 Å². The number of hydrogen-bond donors (Lipinski definition) is 2. The van der Waals surface area contributed by atoms with Gasteiger partial charge >= 0.3 is 11.9 Å². The Kier molecular flexibility index (Phi) is 8.44. The lowest BCUT2D eigenvalue weighted by molar-refractivity contribution is -0.139. The molecule has 0 aliphatic heterocycles. The number of rotatable bonds is 12. The van der Waals surface area contributed by atoms with Gasteiger partial charge in [0.15, 0.2) is 6.61 Å². The van der Waals surface area contributed by atoms with E-state index in [1.54, 1.807) is 17.5 Å². The van der Waals surface area contributed by atoms with E-state index >= 15 is 0 Å². The van der Waals surface area contributed by atoms with E-state index in [2.05, 4.69) is 9.59 Å². The van der Waals surface area contributed by atoms with Gasteiger partial charge in [-0.05, 0) is 46.9 Å². The summed E-state index contributed by atoms with van der Waals surface area (Å²) in [5.41, 5.74) is 2.75. The van der Waals surface area contributed by atoms with E-state index in [1.165, 1.54) is 64.4 Å². The van der Waals surface area contributed by atoms with Gasteiger partial charge in [-0.15, -0.1) is 5.10 Å². The van der Waals surface area contributed by atoms with Crippen molar-refractivity contribution in [3.63, 3.8) is 0 Å². The zero-order chi connectivity index (χ0) is 28.0. The zero-order valence-electron chi connectivity index (χ0n) is 20.1. The number of carboxylic acids is 2. The van der Waals surface area contributed by atoms with Crippen molar-refractivity contribution < 1.29 is 37.8 Å². The Morgan fingerprint density at radius 2 is 1.44 bits per heavy atom. The molecule has 4 aromatic rings. The molecule has 0 spiro atoms. The standard InChI is InChI=1S/C26H21N3O8S2/c30-24(31)15-37-21-9-11-22(12-10-21)39(35,36)29(14-18-3-7-20(8-4-18)25(32)26(33)34)13-17-1-5-19(6-2-17)23-16-38-28-27-23/h1-12,16H,13-15H2,(H,30,31)(H,33,34). The van der Waals surface area contributed by atoms with E-state index in [9.17, 15) is 22.8 Å². The third-order valence-corrected chi connectivity index (χ3v) is 7.87. The van der Waals surface area contributed by atoms with Gasteiger partial charge in [0.1, 0.15) is 11.4 Å². The maximum Gasteiger partial charge on any atom is 0.377 e. The normalized spacial score (nSPS) is 11.3. The van der Waals surface area contributed by atoms with Crippen molar-refractivity contribution >= 4 is 39.3 Å². The largest absolute Gasteiger partial charge is 0.482 e. The zero-order valence-corrected chi connectivity index (χ0v) is 21.8. The minimum Gasteiger partial charge on any atom is -0.482 e. The Labute approximate surface area is 227 Å². The minimum absolute atomic E-state index is 0.00496. The van der Waals surface area contributed by atoms with Crippen LogP contribution in [0.4, 0.5) is 0 Å². The highest BCUT2D eigenvalue weighted by molar-refractivity contribution is 7.89. The number of nitrogens with zero attached hydrogens (tertiary/aromatic N) is 3. The third kappa shape index (κ3) is 6.90. The first-order chi connectivity index (χ1) is 18.6. The molecule has 0 atom stereocenters. The van der Waals surface area contributed by atoms with Gasteiger partial charge in [0, 0.05) is 29.6 Å². The third-order valence-electron chi connectivity index (χ3n) is 5.56. The Morgan fingerprint density at radius 1 is 0.846 bits per heavy atom. The maximum atomic E-state index is 13.7. The van der Waals surface area contributed by atoms with E-state index < -0.39 is 34.4 Å². The molecule has 0 aliphatic carbocycles. The van der Waals surface area contributed by atoms with Crippen molar-refractivity contribution in [2.45, 2.75) is 18.0 Å². The van der Waals surface area contributed by atoms with Crippen molar-refractivity contribution in [2.24, 2.45) is 0 Å². The second-order valence-corrected chi connectivity index (χ2v) is 10.8. The molecule has 0 fully saturated rings. The predicted octanol–water partition coefficient (Wildman–Crippen LogP) is 3.33. The van der Waals surface area contributed by atoms with Crippen molar-refractivity contribution in [1.82, 2.24) is 13.9 Å². The molecule has 200 valence electrons. The molecule has 3 aromatic carbocycles. The number of sulfonamides is 1. The van der Waals surface area contributed by atoms with Crippen molar-refractivity contribution in [3.8, 4) is 17.0 Å². The summed E-state index contributed by atoms with van der Waals surface area (Å²) in [5, 5.41) is 23.5. The number of hydrogen-bond acceptors (Lipinski definition) is 9. The summed E-state index contributed by atoms with van der Waals surface area (Å²) < 4.78 is 37.5. The highest BCUT2D eigenvalue weighted by atomic mass is 32.2. The van der Waals surface area contributed by atoms with E-state index in [-0.39, 0.29) is 29.3 Å². The fraction of sp³-hybridized carbons (Fsp3) is 0.115. The van der Waals surface area contributed by atoms with Gasteiger partial charge in [0.2, 0.25) is 10.0 Å². The van der Waals surface area contributed by atoms with E-state index in [0.29, 0.717) is 16.8 Å². The molecule has 11 nitrogen and oxygen atoms in total. The number of Topliss-reactive ketones (excluding diaryl/α,β-unsaturated/α-hetero) is 1. The Balaban J connectivity index is 1.61. The molecule has 0 bridgehead atoms. The van der Waals surface area contributed by atoms with Crippen LogP contribution in [-0.4, -0.2) is 56.9 Å². The molecule has 1 heterocycles. The molecule has 0 amide bonds. The van der Waals surface area contributed by atoms with Crippen LogP contribution in [0.1, 0.15) is 21.5 Å². The number of benzene rings is 3. The molecule has 0 unspecified atom stereocenters. The lowest BCUT2D eigenvalue weighted by atomic mass is 10.1. The highest BCUT2D eigenvalue weighted by Crippen LogP contribution is 2.25. The van der Waals surface area contributed by atoms with Crippen LogP contribution in [-0.2, 0) is 32.7 Å². The number of carbonyl (C=O) groups is 3. The number of carbonyl (C=O) groups excluding carboxylic acids is 1. The molecule has 2 N–H and O–H groups in total. The minimum atomic E-state index is -4.06. The molecule has 0 radical (unpaired) electrons. The van der Waals surface area contributed by atoms with E-state index in [0.717, 1.165) is 5.56 Å². The monoisotopic (exact) mass is 567 g/mol. The molecule has 39 heavy (non-hydrogen) atoms. The number of ether oxygens (including phenoxy) is 1. The van der Waals surface area contributed by atoms with Gasteiger partial charge in [0.05, 0.1) is 4.90 Å². The second-order valence-electron chi connectivity index (χ2n) is 8.25. The maximum absolute atomic E-state index is 13.7. The van der Waals surface area contributed by atoms with Crippen LogP contribution in [0.5, 0.6) is 5.75 Å². The van der Waals surface area contributed by atoms with Crippen LogP contribution in [0, 0.1) is 0 Å². The predicted molar refractivity (Wildman–Crippen MR) is 140 cm³/mol. The van der Waals surface area contributed by atoms with Crippen LogP contribution < -0.4 is 4.74 Å². The Morgan fingerprint density at radius 3 is 1.95 bits per heavy atom. The summed E-state index contributed by atoms with van der Waals surface area (Å²) in [4.78, 5) is 33.4. The molecular formula is C26H21N3O8S2. The first kappa shape index (κ1) is 27.6. The summed E-state index contributed by atoms with van der Waals surface area (Å²) in [6.07, 6.45) is 0. The number of ketones is 1. The van der Waals surface area contributed by atoms with Crippen LogP contribution in [0.2, 0.25) is 0 Å². The van der Waals surface area contributed by atoms with Crippen molar-refractivity contribution in [3.05, 3.63) is 94.9 Å². The molecule has 0 saturated carbocycles. The van der Waals surface area contributed by atoms with Gasteiger partial charge in [-0.2, -0.15) is 4.31 Å². The Bertz CT molecular complexity index is 1570. The van der Waals surface area contributed by atoms with Gasteiger partial charge in [-0.3, -0.25) is 4.79 Å². The Hall–Kier alpha value is -4.46. The number of aromatic nitrogens is 2. The van der Waals surface area contributed by atoms with Crippen LogP contribution in [0.15, 0.2) is 83.1 Å². The molecule has 13 heteroatoms. The van der Waals surface area contributed by atoms with E-state index in [1.807, 2.05) is 12.1 Å². The summed E-state index contributed by atoms with van der Waals surface area (Å²) >= 11 is 1.22. The molecular weight excluding hydrogens is 546 g/mol. The summed E-state index contributed by atoms with van der Waals surface area (Å²) in [6, 6.07) is 18.3. The van der Waals surface area contributed by atoms with Gasteiger partial charge in [0.25, 0.3) is 5.78 Å². The molecule has 0 saturated heterocycles. The van der Waals surface area contributed by atoms with Crippen molar-refractivity contribution in [1.29, 1.82) is 0 Å². The average molecular weight is 568 g/mol. The summed E-state index contributed by atoms with van der Waals surface area (Å²) in [7, 11) is -4.06. The van der Waals surface area contributed by atoms with Crippen LogP contribution in [0.25, 0.3) is 11.3 Å². The summed E-state index contributed by atoms with van der Waals surface area (Å²) in [6.45, 7) is -0.630. The average Bonchev–Trinajstić information content (AvgIpc) is 3.47. The number of aliphatic carboxylic acids is 2. The highest BCUT2D eigenvalue weighted by Gasteiger charge is 2.26. The van der Waals surface area contributed by atoms with Crippen molar-refractivity contribution in [2.75, 3.05) is 6.61 Å². The molecule has 1 aromatic heterocycles. The fourth-order valence-electron chi connectivity index (χ4n) is 3.59. The first-order valence-electron chi connectivity index (χ1n) is 11.3. The summed E-state index contributed by atoms with van der Waals surface area (Å²) in [5.74, 6) is -3.61. The smallest absolute Gasteiger partial charge is 0.377 e. The first-order valence-corrected chi connectivity index (χ1v) is 13.6. The van der Waals surface area contributed by atoms with Gasteiger partial charge in [-0.25, -0.2) is 18.0 Å². The lowest BCUT2D eigenvalue weighted by Gasteiger charge is -2.23.